The van der Waals surface area contributed by atoms with Gasteiger partial charge in [-0.05, 0) is 19.2 Å². The Kier molecular flexibility index (Phi) is 4.95. The summed E-state index contributed by atoms with van der Waals surface area (Å²) in [6.45, 7) is 2.36. The first kappa shape index (κ1) is 14.3. The van der Waals surface area contributed by atoms with Gasteiger partial charge in [0.1, 0.15) is 5.75 Å². The molecule has 0 spiro atoms. The second-order valence-corrected chi connectivity index (χ2v) is 4.60. The standard InChI is InChI=1S/C14H21N5O/c1-15-10-12-11-19(17-16-12)9-8-18(2)13-6-4-5-7-14(13)20-3/h4-7,11,15H,8-10H2,1-3H3. The summed E-state index contributed by atoms with van der Waals surface area (Å²) < 4.78 is 7.23. The van der Waals surface area contributed by atoms with Crippen LogP contribution in [0.1, 0.15) is 5.69 Å². The number of benzene rings is 1. The highest BCUT2D eigenvalue weighted by atomic mass is 16.5. The first-order chi connectivity index (χ1) is 9.74. The molecule has 0 aliphatic carbocycles. The SMILES string of the molecule is CNCc1cn(CCN(C)c2ccccc2OC)nn1. The molecular weight excluding hydrogens is 254 g/mol. The van der Waals surface area contributed by atoms with E-state index in [0.29, 0.717) is 0 Å². The molecule has 0 saturated carbocycles. The Morgan fingerprint density at radius 2 is 2.15 bits per heavy atom. The van der Waals surface area contributed by atoms with Crippen LogP contribution in [-0.4, -0.2) is 42.7 Å². The van der Waals surface area contributed by atoms with E-state index in [-0.39, 0.29) is 0 Å². The summed E-state index contributed by atoms with van der Waals surface area (Å²) in [5.74, 6) is 0.879. The zero-order valence-electron chi connectivity index (χ0n) is 12.2. The zero-order chi connectivity index (χ0) is 14.4. The van der Waals surface area contributed by atoms with E-state index in [1.165, 1.54) is 0 Å². The molecule has 0 atom stereocenters. The van der Waals surface area contributed by atoms with Gasteiger partial charge in [0.25, 0.3) is 0 Å². The van der Waals surface area contributed by atoms with Crippen LogP contribution in [0, 0.1) is 0 Å². The molecule has 0 unspecified atom stereocenters. The molecule has 6 nitrogen and oxygen atoms in total. The third kappa shape index (κ3) is 3.48. The van der Waals surface area contributed by atoms with Gasteiger partial charge in [-0.25, -0.2) is 0 Å². The lowest BCUT2D eigenvalue weighted by Gasteiger charge is -2.21. The molecule has 108 valence electrons. The maximum atomic E-state index is 5.37. The second kappa shape index (κ2) is 6.91. The fourth-order valence-corrected chi connectivity index (χ4v) is 2.03. The van der Waals surface area contributed by atoms with Crippen molar-refractivity contribution >= 4 is 5.69 Å². The Balaban J connectivity index is 1.95. The lowest BCUT2D eigenvalue weighted by molar-refractivity contribution is 0.414. The molecule has 0 amide bonds. The Labute approximate surface area is 119 Å². The highest BCUT2D eigenvalue weighted by molar-refractivity contribution is 5.57. The normalized spacial score (nSPS) is 10.6. The monoisotopic (exact) mass is 275 g/mol. The largest absolute Gasteiger partial charge is 0.495 e. The third-order valence-corrected chi connectivity index (χ3v) is 3.10. The van der Waals surface area contributed by atoms with Crippen molar-refractivity contribution in [3.05, 3.63) is 36.2 Å². The van der Waals surface area contributed by atoms with Crippen LogP contribution in [0.3, 0.4) is 0 Å². The van der Waals surface area contributed by atoms with Crippen molar-refractivity contribution in [2.75, 3.05) is 32.6 Å². The average Bonchev–Trinajstić information content (AvgIpc) is 2.93. The first-order valence-corrected chi connectivity index (χ1v) is 6.62. The van der Waals surface area contributed by atoms with E-state index >= 15 is 0 Å². The quantitative estimate of drug-likeness (QED) is 0.821. The maximum absolute atomic E-state index is 5.37. The second-order valence-electron chi connectivity index (χ2n) is 4.60. The highest BCUT2D eigenvalue weighted by Gasteiger charge is 2.07. The van der Waals surface area contributed by atoms with Crippen LogP contribution in [0.25, 0.3) is 0 Å². The van der Waals surface area contributed by atoms with Gasteiger partial charge in [-0.2, -0.15) is 0 Å². The Morgan fingerprint density at radius 3 is 2.90 bits per heavy atom. The highest BCUT2D eigenvalue weighted by Crippen LogP contribution is 2.26. The fraction of sp³-hybridized carbons (Fsp3) is 0.429. The van der Waals surface area contributed by atoms with E-state index in [0.717, 1.165) is 36.8 Å². The smallest absolute Gasteiger partial charge is 0.142 e. The predicted molar refractivity (Wildman–Crippen MR) is 79.0 cm³/mol. The van der Waals surface area contributed by atoms with Crippen LogP contribution in [-0.2, 0) is 13.1 Å². The minimum atomic E-state index is 0.738. The minimum absolute atomic E-state index is 0.738. The van der Waals surface area contributed by atoms with Crippen molar-refractivity contribution < 1.29 is 4.74 Å². The maximum Gasteiger partial charge on any atom is 0.142 e. The molecule has 1 aromatic heterocycles. The van der Waals surface area contributed by atoms with E-state index in [2.05, 4.69) is 20.5 Å². The number of likely N-dealkylation sites (N-methyl/N-ethyl adjacent to an activating group) is 1. The summed E-state index contributed by atoms with van der Waals surface area (Å²) in [6, 6.07) is 7.99. The summed E-state index contributed by atoms with van der Waals surface area (Å²) in [5.41, 5.74) is 2.03. The number of nitrogens with one attached hydrogen (secondary N) is 1. The molecule has 2 aromatic rings. The van der Waals surface area contributed by atoms with Gasteiger partial charge < -0.3 is 15.0 Å². The molecule has 0 aliphatic heterocycles. The lowest BCUT2D eigenvalue weighted by atomic mass is 10.2. The summed E-state index contributed by atoms with van der Waals surface area (Å²) in [4.78, 5) is 2.15. The van der Waals surface area contributed by atoms with Gasteiger partial charge in [0.15, 0.2) is 0 Å². The van der Waals surface area contributed by atoms with Gasteiger partial charge in [-0.3, -0.25) is 4.68 Å². The van der Waals surface area contributed by atoms with Crippen molar-refractivity contribution in [2.24, 2.45) is 0 Å². The number of anilines is 1. The molecule has 0 bridgehead atoms. The molecule has 0 saturated heterocycles. The number of para-hydroxylation sites is 2. The van der Waals surface area contributed by atoms with Crippen molar-refractivity contribution in [2.45, 2.75) is 13.1 Å². The number of aromatic nitrogens is 3. The first-order valence-electron chi connectivity index (χ1n) is 6.62. The van der Waals surface area contributed by atoms with Crippen LogP contribution in [0.5, 0.6) is 5.75 Å². The number of ether oxygens (including phenoxy) is 1. The Hall–Kier alpha value is -2.08. The molecule has 0 radical (unpaired) electrons. The average molecular weight is 275 g/mol. The molecule has 0 aliphatic rings. The summed E-state index contributed by atoms with van der Waals surface area (Å²) in [7, 11) is 5.63. The Bertz CT molecular complexity index is 540. The molecule has 2 rings (SSSR count). The number of hydrogen-bond acceptors (Lipinski definition) is 5. The lowest BCUT2D eigenvalue weighted by Crippen LogP contribution is -2.23. The predicted octanol–water partition coefficient (Wildman–Crippen LogP) is 1.14. The van der Waals surface area contributed by atoms with E-state index < -0.39 is 0 Å². The molecule has 1 N–H and O–H groups in total. The van der Waals surface area contributed by atoms with E-state index in [1.807, 2.05) is 49.2 Å². The summed E-state index contributed by atoms with van der Waals surface area (Å²) >= 11 is 0. The van der Waals surface area contributed by atoms with Crippen LogP contribution in [0.2, 0.25) is 0 Å². The van der Waals surface area contributed by atoms with Crippen molar-refractivity contribution in [3.63, 3.8) is 0 Å². The van der Waals surface area contributed by atoms with Gasteiger partial charge in [0.05, 0.1) is 25.0 Å². The van der Waals surface area contributed by atoms with Gasteiger partial charge in [-0.15, -0.1) is 5.10 Å². The number of methoxy groups -OCH3 is 1. The fourth-order valence-electron chi connectivity index (χ4n) is 2.03. The molecule has 20 heavy (non-hydrogen) atoms. The van der Waals surface area contributed by atoms with E-state index in [4.69, 9.17) is 4.74 Å². The van der Waals surface area contributed by atoms with Crippen molar-refractivity contribution in [1.82, 2.24) is 20.3 Å². The number of nitrogens with zero attached hydrogens (tertiary/aromatic N) is 4. The minimum Gasteiger partial charge on any atom is -0.495 e. The molecule has 6 heteroatoms. The van der Waals surface area contributed by atoms with Gasteiger partial charge in [-0.1, -0.05) is 17.3 Å². The van der Waals surface area contributed by atoms with Crippen LogP contribution < -0.4 is 15.0 Å². The van der Waals surface area contributed by atoms with E-state index in [9.17, 15) is 0 Å². The molecule has 0 fully saturated rings. The van der Waals surface area contributed by atoms with E-state index in [1.54, 1.807) is 7.11 Å². The topological polar surface area (TPSA) is 55.2 Å². The van der Waals surface area contributed by atoms with Crippen LogP contribution in [0.15, 0.2) is 30.5 Å². The number of rotatable bonds is 7. The van der Waals surface area contributed by atoms with Crippen LogP contribution >= 0.6 is 0 Å². The van der Waals surface area contributed by atoms with Crippen molar-refractivity contribution in [3.8, 4) is 5.75 Å². The van der Waals surface area contributed by atoms with Gasteiger partial charge >= 0.3 is 0 Å². The van der Waals surface area contributed by atoms with Crippen molar-refractivity contribution in [1.29, 1.82) is 0 Å². The molecule has 1 aromatic carbocycles. The van der Waals surface area contributed by atoms with Crippen LogP contribution in [0.4, 0.5) is 5.69 Å². The number of hydrogen-bond donors (Lipinski definition) is 1. The third-order valence-electron chi connectivity index (χ3n) is 3.10. The summed E-state index contributed by atoms with van der Waals surface area (Å²) in [5, 5.41) is 11.3. The van der Waals surface area contributed by atoms with Gasteiger partial charge in [0.2, 0.25) is 0 Å². The molecule has 1 heterocycles. The molecular formula is C14H21N5O. The summed E-state index contributed by atoms with van der Waals surface area (Å²) in [6.07, 6.45) is 1.96. The zero-order valence-corrected chi connectivity index (χ0v) is 12.2. The Morgan fingerprint density at radius 1 is 1.35 bits per heavy atom. The van der Waals surface area contributed by atoms with Gasteiger partial charge in [0, 0.05) is 26.3 Å².